The van der Waals surface area contributed by atoms with Gasteiger partial charge in [0.15, 0.2) is 0 Å². The Morgan fingerprint density at radius 3 is 2.75 bits per heavy atom. The van der Waals surface area contributed by atoms with E-state index in [0.717, 1.165) is 12.1 Å². The summed E-state index contributed by atoms with van der Waals surface area (Å²) in [6.07, 6.45) is 1.73. The minimum Gasteiger partial charge on any atom is -0.481 e. The minimum atomic E-state index is -0.0393. The van der Waals surface area contributed by atoms with Gasteiger partial charge in [-0.2, -0.15) is 0 Å². The number of nitrogens with zero attached hydrogens (tertiary/aromatic N) is 2. The molecule has 0 unspecified atom stereocenters. The molecule has 0 amide bonds. The van der Waals surface area contributed by atoms with Crippen LogP contribution in [0.2, 0.25) is 0 Å². The smallest absolute Gasteiger partial charge is 0.217 e. The highest BCUT2D eigenvalue weighted by Gasteiger charge is 2.23. The molecule has 0 atom stereocenters. The number of hydrogen-bond acceptors (Lipinski definition) is 3. The van der Waals surface area contributed by atoms with E-state index >= 15 is 0 Å². The number of pyridine rings is 1. The number of methoxy groups -OCH3 is 1. The SMILES string of the molecule is COc1ncccc1CN(C)C(C)(C)CCl. The number of rotatable bonds is 5. The van der Waals surface area contributed by atoms with Crippen LogP contribution in [0.3, 0.4) is 0 Å². The zero-order valence-corrected chi connectivity index (χ0v) is 11.1. The molecule has 16 heavy (non-hydrogen) atoms. The van der Waals surface area contributed by atoms with Crippen molar-refractivity contribution in [3.05, 3.63) is 23.9 Å². The number of ether oxygens (including phenoxy) is 1. The molecule has 0 fully saturated rings. The van der Waals surface area contributed by atoms with E-state index in [9.17, 15) is 0 Å². The molecule has 1 aromatic rings. The van der Waals surface area contributed by atoms with E-state index in [1.54, 1.807) is 13.3 Å². The lowest BCUT2D eigenvalue weighted by Gasteiger charge is -2.33. The first-order valence-corrected chi connectivity index (χ1v) is 5.80. The van der Waals surface area contributed by atoms with Crippen LogP contribution in [0.15, 0.2) is 18.3 Å². The molecule has 0 bridgehead atoms. The Labute approximate surface area is 102 Å². The predicted octanol–water partition coefficient (Wildman–Crippen LogP) is 2.54. The van der Waals surface area contributed by atoms with Crippen molar-refractivity contribution in [2.24, 2.45) is 0 Å². The molecule has 0 N–H and O–H groups in total. The van der Waals surface area contributed by atoms with Gasteiger partial charge in [-0.15, -0.1) is 11.6 Å². The third kappa shape index (κ3) is 3.09. The average molecular weight is 243 g/mol. The molecular formula is C12H19ClN2O. The second-order valence-corrected chi connectivity index (χ2v) is 4.74. The second kappa shape index (κ2) is 5.51. The Bertz CT molecular complexity index is 342. The van der Waals surface area contributed by atoms with Crippen molar-refractivity contribution in [3.8, 4) is 5.88 Å². The van der Waals surface area contributed by atoms with Crippen molar-refractivity contribution in [3.63, 3.8) is 0 Å². The van der Waals surface area contributed by atoms with Crippen molar-refractivity contribution in [2.45, 2.75) is 25.9 Å². The summed E-state index contributed by atoms with van der Waals surface area (Å²) in [5.74, 6) is 1.27. The number of aromatic nitrogens is 1. The highest BCUT2D eigenvalue weighted by atomic mass is 35.5. The molecule has 4 heteroatoms. The molecule has 3 nitrogen and oxygen atoms in total. The Morgan fingerprint density at radius 2 is 2.19 bits per heavy atom. The van der Waals surface area contributed by atoms with Crippen molar-refractivity contribution in [1.82, 2.24) is 9.88 Å². The summed E-state index contributed by atoms with van der Waals surface area (Å²) >= 11 is 5.94. The van der Waals surface area contributed by atoms with Gasteiger partial charge in [0.2, 0.25) is 5.88 Å². The van der Waals surface area contributed by atoms with Crippen molar-refractivity contribution in [2.75, 3.05) is 20.0 Å². The molecular weight excluding hydrogens is 224 g/mol. The minimum absolute atomic E-state index is 0.0393. The van der Waals surface area contributed by atoms with Crippen molar-refractivity contribution >= 4 is 11.6 Å². The van der Waals surface area contributed by atoms with Crippen LogP contribution in [-0.2, 0) is 6.54 Å². The lowest BCUT2D eigenvalue weighted by molar-refractivity contribution is 0.168. The van der Waals surface area contributed by atoms with Crippen LogP contribution < -0.4 is 4.74 Å². The van der Waals surface area contributed by atoms with Crippen LogP contribution in [-0.4, -0.2) is 35.5 Å². The molecule has 0 aliphatic carbocycles. The van der Waals surface area contributed by atoms with Gasteiger partial charge >= 0.3 is 0 Å². The van der Waals surface area contributed by atoms with Gasteiger partial charge in [-0.05, 0) is 27.0 Å². The Morgan fingerprint density at radius 1 is 1.50 bits per heavy atom. The number of alkyl halides is 1. The third-order valence-corrected chi connectivity index (χ3v) is 3.47. The molecule has 1 heterocycles. The zero-order valence-electron chi connectivity index (χ0n) is 10.3. The van der Waals surface area contributed by atoms with E-state index < -0.39 is 0 Å². The lowest BCUT2D eigenvalue weighted by atomic mass is 10.1. The van der Waals surface area contributed by atoms with Crippen LogP contribution >= 0.6 is 11.6 Å². The van der Waals surface area contributed by atoms with Crippen LogP contribution in [0.5, 0.6) is 5.88 Å². The maximum absolute atomic E-state index is 5.94. The van der Waals surface area contributed by atoms with Gasteiger partial charge in [-0.3, -0.25) is 4.90 Å². The monoisotopic (exact) mass is 242 g/mol. The van der Waals surface area contributed by atoms with E-state index in [0.29, 0.717) is 11.8 Å². The fraction of sp³-hybridized carbons (Fsp3) is 0.583. The summed E-state index contributed by atoms with van der Waals surface area (Å²) in [6.45, 7) is 5.00. The third-order valence-electron chi connectivity index (χ3n) is 2.81. The standard InChI is InChI=1S/C12H19ClN2O/c1-12(2,9-13)15(3)8-10-6-5-7-14-11(10)16-4/h5-7H,8-9H2,1-4H3. The van der Waals surface area contributed by atoms with Gasteiger partial charge < -0.3 is 4.74 Å². The summed E-state index contributed by atoms with van der Waals surface area (Å²) in [5.41, 5.74) is 1.04. The summed E-state index contributed by atoms with van der Waals surface area (Å²) < 4.78 is 5.22. The highest BCUT2D eigenvalue weighted by molar-refractivity contribution is 6.18. The first kappa shape index (κ1) is 13.3. The first-order valence-electron chi connectivity index (χ1n) is 5.26. The highest BCUT2D eigenvalue weighted by Crippen LogP contribution is 2.21. The van der Waals surface area contributed by atoms with Crippen LogP contribution in [0.4, 0.5) is 0 Å². The molecule has 1 aromatic heterocycles. The van der Waals surface area contributed by atoms with Gasteiger partial charge in [0.1, 0.15) is 0 Å². The molecule has 1 rings (SSSR count). The maximum atomic E-state index is 5.94. The molecule has 90 valence electrons. The molecule has 0 saturated heterocycles. The number of hydrogen-bond donors (Lipinski definition) is 0. The van der Waals surface area contributed by atoms with Crippen LogP contribution in [0.25, 0.3) is 0 Å². The van der Waals surface area contributed by atoms with E-state index in [1.807, 2.05) is 12.1 Å². The maximum Gasteiger partial charge on any atom is 0.217 e. The Hall–Kier alpha value is -0.800. The van der Waals surface area contributed by atoms with E-state index in [4.69, 9.17) is 16.3 Å². The fourth-order valence-electron chi connectivity index (χ4n) is 1.30. The first-order chi connectivity index (χ1) is 7.51. The van der Waals surface area contributed by atoms with E-state index in [1.165, 1.54) is 0 Å². The number of halogens is 1. The summed E-state index contributed by atoms with van der Waals surface area (Å²) in [7, 11) is 3.69. The Balaban J connectivity index is 2.80. The second-order valence-electron chi connectivity index (χ2n) is 4.47. The zero-order chi connectivity index (χ0) is 12.2. The topological polar surface area (TPSA) is 25.4 Å². The normalized spacial score (nSPS) is 11.9. The molecule has 0 aliphatic heterocycles. The quantitative estimate of drug-likeness (QED) is 0.742. The molecule has 0 aromatic carbocycles. The van der Waals surface area contributed by atoms with Gasteiger partial charge in [-0.1, -0.05) is 6.07 Å². The van der Waals surface area contributed by atoms with E-state index in [2.05, 4.69) is 30.8 Å². The van der Waals surface area contributed by atoms with Gasteiger partial charge in [0.05, 0.1) is 7.11 Å². The average Bonchev–Trinajstić information content (AvgIpc) is 2.29. The molecule has 0 radical (unpaired) electrons. The van der Waals surface area contributed by atoms with Crippen molar-refractivity contribution < 1.29 is 4.74 Å². The largest absolute Gasteiger partial charge is 0.481 e. The summed E-state index contributed by atoms with van der Waals surface area (Å²) in [4.78, 5) is 6.37. The van der Waals surface area contributed by atoms with E-state index in [-0.39, 0.29) is 5.54 Å². The summed E-state index contributed by atoms with van der Waals surface area (Å²) in [5, 5.41) is 0. The van der Waals surface area contributed by atoms with Gasteiger partial charge in [0, 0.05) is 29.7 Å². The van der Waals surface area contributed by atoms with Crippen molar-refractivity contribution in [1.29, 1.82) is 0 Å². The molecule has 0 saturated carbocycles. The van der Waals surface area contributed by atoms with Crippen LogP contribution in [0, 0.1) is 0 Å². The van der Waals surface area contributed by atoms with Crippen LogP contribution in [0.1, 0.15) is 19.4 Å². The fourth-order valence-corrected chi connectivity index (χ4v) is 1.50. The lowest BCUT2D eigenvalue weighted by Crippen LogP contribution is -2.42. The predicted molar refractivity (Wildman–Crippen MR) is 67.1 cm³/mol. The van der Waals surface area contributed by atoms with Gasteiger partial charge in [-0.25, -0.2) is 4.98 Å². The Kier molecular flexibility index (Phi) is 4.56. The molecule has 0 spiro atoms. The molecule has 0 aliphatic rings. The summed E-state index contributed by atoms with van der Waals surface area (Å²) in [6, 6.07) is 3.94. The van der Waals surface area contributed by atoms with Gasteiger partial charge in [0.25, 0.3) is 0 Å².